The third kappa shape index (κ3) is 2.94. The second-order valence-corrected chi connectivity index (χ2v) is 6.27. The first-order valence-corrected chi connectivity index (χ1v) is 7.64. The van der Waals surface area contributed by atoms with Gasteiger partial charge in [-0.2, -0.15) is 4.31 Å². The summed E-state index contributed by atoms with van der Waals surface area (Å²) < 4.78 is 13.8. The van der Waals surface area contributed by atoms with Crippen LogP contribution in [0.5, 0.6) is 0 Å². The molecule has 0 N–H and O–H groups in total. The Hall–Kier alpha value is -0.420. The van der Waals surface area contributed by atoms with E-state index in [1.54, 1.807) is 18.2 Å². The molecule has 0 saturated carbocycles. The van der Waals surface area contributed by atoms with Gasteiger partial charge in [-0.05, 0) is 25.0 Å². The summed E-state index contributed by atoms with van der Waals surface area (Å²) in [6.07, 6.45) is 3.13. The molecule has 1 aliphatic heterocycles. The molecule has 1 aliphatic rings. The highest BCUT2D eigenvalue weighted by molar-refractivity contribution is 7.90. The van der Waals surface area contributed by atoms with Gasteiger partial charge < -0.3 is 4.55 Å². The minimum Gasteiger partial charge on any atom is -0.588 e. The molecule has 3 nitrogen and oxygen atoms in total. The first-order valence-electron chi connectivity index (χ1n) is 5.77. The minimum atomic E-state index is -1.61. The van der Waals surface area contributed by atoms with Gasteiger partial charge in [0.25, 0.3) is 5.91 Å². The lowest BCUT2D eigenvalue weighted by Crippen LogP contribution is -2.36. The van der Waals surface area contributed by atoms with Gasteiger partial charge in [0, 0.05) is 6.42 Å². The number of hydrogen-bond acceptors (Lipinski definition) is 2. The number of hydrogen-bond donors (Lipinski definition) is 0. The van der Waals surface area contributed by atoms with Crippen molar-refractivity contribution in [2.24, 2.45) is 0 Å². The number of nitrogens with zero attached hydrogens (tertiary/aromatic N) is 1. The smallest absolute Gasteiger partial charge is 0.264 e. The molecule has 1 saturated heterocycles. The van der Waals surface area contributed by atoms with Crippen LogP contribution in [0.2, 0.25) is 10.0 Å². The molecule has 18 heavy (non-hydrogen) atoms. The fraction of sp³-hybridized carbons (Fsp3) is 0.417. The Morgan fingerprint density at radius 3 is 2.50 bits per heavy atom. The van der Waals surface area contributed by atoms with Crippen LogP contribution < -0.4 is 0 Å². The van der Waals surface area contributed by atoms with E-state index in [2.05, 4.69) is 0 Å². The monoisotopic (exact) mass is 305 g/mol. The lowest BCUT2D eigenvalue weighted by atomic mass is 10.2. The van der Waals surface area contributed by atoms with Crippen LogP contribution in [-0.2, 0) is 16.2 Å². The number of carbonyl (C=O) groups excluding carboxylic acids is 1. The van der Waals surface area contributed by atoms with Crippen molar-refractivity contribution in [3.8, 4) is 0 Å². The van der Waals surface area contributed by atoms with Crippen molar-refractivity contribution in [3.05, 3.63) is 28.2 Å². The summed E-state index contributed by atoms with van der Waals surface area (Å²) >= 11 is 10.4. The van der Waals surface area contributed by atoms with E-state index in [1.807, 2.05) is 0 Å². The van der Waals surface area contributed by atoms with Gasteiger partial charge in [-0.3, -0.25) is 4.79 Å². The average Bonchev–Trinajstić information content (AvgIpc) is 2.53. The standard InChI is InChI=1S/C12H13Cl2NO2S/c13-9-5-4-6-10(14)12(9)18(17)15-8-3-1-2-7-11(15)16/h4-6H,1-3,7-8H2. The summed E-state index contributed by atoms with van der Waals surface area (Å²) in [4.78, 5) is 12.2. The summed E-state index contributed by atoms with van der Waals surface area (Å²) in [5, 5.41) is 0.663. The van der Waals surface area contributed by atoms with E-state index in [4.69, 9.17) is 23.2 Å². The van der Waals surface area contributed by atoms with Gasteiger partial charge in [-0.1, -0.05) is 35.7 Å². The third-order valence-corrected chi connectivity index (χ3v) is 5.25. The van der Waals surface area contributed by atoms with E-state index in [1.165, 1.54) is 4.31 Å². The molecule has 2 rings (SSSR count). The molecule has 1 aromatic carbocycles. The molecule has 0 aliphatic carbocycles. The summed E-state index contributed by atoms with van der Waals surface area (Å²) in [7, 11) is 0. The van der Waals surface area contributed by atoms with Crippen LogP contribution in [0.3, 0.4) is 0 Å². The van der Waals surface area contributed by atoms with E-state index in [-0.39, 0.29) is 5.91 Å². The molecule has 0 bridgehead atoms. The maximum atomic E-state index is 12.5. The van der Waals surface area contributed by atoms with Crippen LogP contribution in [0.25, 0.3) is 0 Å². The topological polar surface area (TPSA) is 43.4 Å². The van der Waals surface area contributed by atoms with Crippen LogP contribution in [-0.4, -0.2) is 21.3 Å². The van der Waals surface area contributed by atoms with Gasteiger partial charge in [0.15, 0.2) is 0 Å². The maximum absolute atomic E-state index is 12.5. The second kappa shape index (κ2) is 6.15. The van der Waals surface area contributed by atoms with Crippen molar-refractivity contribution >= 4 is 40.5 Å². The largest absolute Gasteiger partial charge is 0.588 e. The summed E-state index contributed by atoms with van der Waals surface area (Å²) in [6, 6.07) is 4.95. The van der Waals surface area contributed by atoms with E-state index in [0.717, 1.165) is 19.3 Å². The fourth-order valence-electron chi connectivity index (χ4n) is 1.89. The normalized spacial score (nSPS) is 18.6. The molecular formula is C12H13Cl2NO2S. The Kier molecular flexibility index (Phi) is 4.78. The molecule has 98 valence electrons. The zero-order valence-electron chi connectivity index (χ0n) is 9.70. The maximum Gasteiger partial charge on any atom is 0.264 e. The van der Waals surface area contributed by atoms with E-state index >= 15 is 0 Å². The Bertz CT molecular complexity index is 435. The van der Waals surface area contributed by atoms with Gasteiger partial charge in [0.2, 0.25) is 4.90 Å². The average molecular weight is 306 g/mol. The number of benzene rings is 1. The number of carbonyl (C=O) groups is 1. The molecule has 6 heteroatoms. The molecule has 1 amide bonds. The molecular weight excluding hydrogens is 293 g/mol. The first-order chi connectivity index (χ1) is 8.61. The van der Waals surface area contributed by atoms with Gasteiger partial charge in [-0.15, -0.1) is 0 Å². The highest BCUT2D eigenvalue weighted by Crippen LogP contribution is 2.32. The Morgan fingerprint density at radius 1 is 1.17 bits per heavy atom. The molecule has 1 aromatic rings. The first kappa shape index (κ1) is 14.0. The van der Waals surface area contributed by atoms with E-state index in [9.17, 15) is 9.35 Å². The Labute approximate surface area is 119 Å². The van der Waals surface area contributed by atoms with Crippen molar-refractivity contribution < 1.29 is 9.35 Å². The van der Waals surface area contributed by atoms with E-state index in [0.29, 0.717) is 27.9 Å². The number of halogens is 2. The van der Waals surface area contributed by atoms with Crippen LogP contribution in [0, 0.1) is 0 Å². The predicted molar refractivity (Wildman–Crippen MR) is 73.1 cm³/mol. The van der Waals surface area contributed by atoms with Crippen molar-refractivity contribution in [1.82, 2.24) is 4.31 Å². The van der Waals surface area contributed by atoms with Crippen LogP contribution in [0.4, 0.5) is 0 Å². The minimum absolute atomic E-state index is 0.0955. The van der Waals surface area contributed by atoms with Crippen molar-refractivity contribution in [2.75, 3.05) is 6.54 Å². The Morgan fingerprint density at radius 2 is 1.83 bits per heavy atom. The molecule has 1 unspecified atom stereocenters. The number of rotatable bonds is 2. The lowest BCUT2D eigenvalue weighted by molar-refractivity contribution is -0.126. The summed E-state index contributed by atoms with van der Waals surface area (Å²) in [5.74, 6) is -0.0955. The molecule has 0 aromatic heterocycles. The van der Waals surface area contributed by atoms with Crippen LogP contribution in [0.1, 0.15) is 25.7 Å². The Balaban J connectivity index is 2.29. The molecule has 0 radical (unpaired) electrons. The highest BCUT2D eigenvalue weighted by Gasteiger charge is 2.32. The van der Waals surface area contributed by atoms with Crippen LogP contribution in [0.15, 0.2) is 23.1 Å². The summed E-state index contributed by atoms with van der Waals surface area (Å²) in [6.45, 7) is 0.493. The molecule has 1 heterocycles. The van der Waals surface area contributed by atoms with Gasteiger partial charge in [0.05, 0.1) is 16.6 Å². The molecule has 1 fully saturated rings. The van der Waals surface area contributed by atoms with Gasteiger partial charge in [0.1, 0.15) is 11.4 Å². The summed E-state index contributed by atoms with van der Waals surface area (Å²) in [5.41, 5.74) is 0. The molecule has 1 atom stereocenters. The highest BCUT2D eigenvalue weighted by atomic mass is 35.5. The van der Waals surface area contributed by atoms with Gasteiger partial charge in [-0.25, -0.2) is 0 Å². The van der Waals surface area contributed by atoms with Crippen molar-refractivity contribution in [2.45, 2.75) is 30.6 Å². The van der Waals surface area contributed by atoms with Gasteiger partial charge >= 0.3 is 0 Å². The number of amides is 1. The predicted octanol–water partition coefficient (Wildman–Crippen LogP) is 3.42. The SMILES string of the molecule is O=C1CCCCCN1[S+]([O-])c1c(Cl)cccc1Cl. The van der Waals surface area contributed by atoms with Crippen LogP contribution >= 0.6 is 23.2 Å². The fourth-order valence-corrected chi connectivity index (χ4v) is 3.95. The van der Waals surface area contributed by atoms with Crippen molar-refractivity contribution in [3.63, 3.8) is 0 Å². The quantitative estimate of drug-likeness (QED) is 0.786. The zero-order chi connectivity index (χ0) is 13.1. The van der Waals surface area contributed by atoms with Crippen molar-refractivity contribution in [1.29, 1.82) is 0 Å². The lowest BCUT2D eigenvalue weighted by Gasteiger charge is -2.23. The second-order valence-electron chi connectivity index (χ2n) is 4.11. The molecule has 0 spiro atoms. The van der Waals surface area contributed by atoms with E-state index < -0.39 is 11.4 Å². The third-order valence-electron chi connectivity index (χ3n) is 2.82. The zero-order valence-corrected chi connectivity index (χ0v) is 12.0.